The van der Waals surface area contributed by atoms with Crippen molar-refractivity contribution in [2.45, 2.75) is 143 Å². The minimum absolute atomic E-state index is 0.0181. The van der Waals surface area contributed by atoms with Gasteiger partial charge in [-0.3, -0.25) is 48.2 Å². The second-order valence-corrected chi connectivity index (χ2v) is 31.0. The van der Waals surface area contributed by atoms with Crippen LogP contribution >= 0.6 is 18.9 Å². The van der Waals surface area contributed by atoms with E-state index in [0.717, 1.165) is 45.5 Å². The van der Waals surface area contributed by atoms with Crippen LogP contribution < -0.4 is 32.3 Å². The van der Waals surface area contributed by atoms with Crippen LogP contribution in [0.2, 0.25) is 0 Å². The highest BCUT2D eigenvalue weighted by molar-refractivity contribution is 7.51. The maximum atomic E-state index is 14.0. The van der Waals surface area contributed by atoms with Gasteiger partial charge in [0.25, 0.3) is 17.7 Å². The van der Waals surface area contributed by atoms with Crippen LogP contribution in [0.4, 0.5) is 20.4 Å². The Morgan fingerprint density at radius 3 is 2.30 bits per heavy atom. The summed E-state index contributed by atoms with van der Waals surface area (Å²) in [6.07, 6.45) is 7.83. The zero-order chi connectivity index (χ0) is 74.0. The third kappa shape index (κ3) is 18.9. The molecule has 10 N–H and O–H groups in total. The van der Waals surface area contributed by atoms with Gasteiger partial charge >= 0.3 is 25.7 Å². The van der Waals surface area contributed by atoms with Crippen molar-refractivity contribution in [1.82, 2.24) is 45.5 Å². The molecular weight excluding hydrogens is 1360 g/mol. The molecule has 0 radical (unpaired) electrons. The lowest BCUT2D eigenvalue weighted by atomic mass is 9.77. The number of thiazole rings is 1. The molecule has 2 aliphatic carbocycles. The summed E-state index contributed by atoms with van der Waals surface area (Å²) in [5, 5.41) is 31.2. The molecule has 27 nitrogen and oxygen atoms in total. The topological polar surface area (TPSA) is 386 Å². The van der Waals surface area contributed by atoms with Crippen molar-refractivity contribution < 1.29 is 72.1 Å². The number of para-hydroxylation sites is 1. The van der Waals surface area contributed by atoms with E-state index in [-0.39, 0.29) is 105 Å². The summed E-state index contributed by atoms with van der Waals surface area (Å²) in [7, 11) is -4.42. The van der Waals surface area contributed by atoms with Crippen molar-refractivity contribution in [3.63, 3.8) is 0 Å². The predicted octanol–water partition coefficient (Wildman–Crippen LogP) is 10.3. The van der Waals surface area contributed by atoms with Crippen molar-refractivity contribution in [3.05, 3.63) is 138 Å². The van der Waals surface area contributed by atoms with E-state index in [2.05, 4.69) is 52.3 Å². The number of benzene rings is 4. The number of ether oxygens (including phenoxy) is 2. The summed E-state index contributed by atoms with van der Waals surface area (Å²) in [6.45, 7) is 12.8. The van der Waals surface area contributed by atoms with Crippen LogP contribution in [0.25, 0.3) is 43.4 Å². The number of primary amides is 1. The Labute approximate surface area is 600 Å². The number of amides is 9. The first-order valence-electron chi connectivity index (χ1n) is 34.6. The largest absolute Gasteiger partial charge is 0.476 e. The number of carbonyl (C=O) groups is 9. The lowest BCUT2D eigenvalue weighted by Gasteiger charge is -2.38. The van der Waals surface area contributed by atoms with Crippen LogP contribution in [0, 0.1) is 29.6 Å². The number of anilines is 2. The first kappa shape index (κ1) is 75.9. The molecule has 4 unspecified atom stereocenters. The third-order valence-corrected chi connectivity index (χ3v) is 21.4. The van der Waals surface area contributed by atoms with E-state index in [9.17, 15) is 62.6 Å². The number of nitrogens with one attached hydrogen (secondary N) is 5. The molecule has 3 aliphatic rings. The minimum Gasteiger partial charge on any atom is -0.476 e. The molecule has 9 amide bonds. The maximum absolute atomic E-state index is 14.0. The van der Waals surface area contributed by atoms with E-state index in [1.807, 2.05) is 66.2 Å². The van der Waals surface area contributed by atoms with Crippen LogP contribution in [0.15, 0.2) is 115 Å². The maximum Gasteiger partial charge on any atom is 0.410 e. The van der Waals surface area contributed by atoms with Crippen molar-refractivity contribution in [3.8, 4) is 22.4 Å². The Bertz CT molecular complexity index is 4390. The van der Waals surface area contributed by atoms with Gasteiger partial charge in [-0.2, -0.15) is 5.10 Å². The van der Waals surface area contributed by atoms with E-state index in [1.54, 1.807) is 62.5 Å². The summed E-state index contributed by atoms with van der Waals surface area (Å²) in [4.78, 5) is 148. The van der Waals surface area contributed by atoms with Gasteiger partial charge in [0.05, 0.1) is 40.5 Å². The Balaban J connectivity index is 0.751. The van der Waals surface area contributed by atoms with Gasteiger partial charge in [0, 0.05) is 84.9 Å². The van der Waals surface area contributed by atoms with Gasteiger partial charge in [-0.05, 0) is 152 Å². The van der Waals surface area contributed by atoms with Crippen LogP contribution in [-0.4, -0.2) is 155 Å². The fourth-order valence-electron chi connectivity index (χ4n) is 14.9. The van der Waals surface area contributed by atoms with Crippen molar-refractivity contribution in [2.75, 3.05) is 49.6 Å². The summed E-state index contributed by atoms with van der Waals surface area (Å²) in [5.74, 6) is -3.96. The number of aromatic nitrogens is 4. The van der Waals surface area contributed by atoms with Crippen molar-refractivity contribution in [1.29, 1.82) is 0 Å². The molecule has 4 heterocycles. The molecule has 546 valence electrons. The van der Waals surface area contributed by atoms with E-state index < -0.39 is 67.3 Å². The van der Waals surface area contributed by atoms with Gasteiger partial charge in [0.1, 0.15) is 18.7 Å². The molecule has 1 aliphatic heterocycles. The molecule has 29 heteroatoms. The number of pyridine rings is 1. The molecule has 2 fully saturated rings. The first-order valence-corrected chi connectivity index (χ1v) is 37.2. The first-order chi connectivity index (χ1) is 49.0. The highest BCUT2D eigenvalue weighted by atomic mass is 32.1. The number of carboxylic acid groups (broad SMARTS) is 1. The van der Waals surface area contributed by atoms with Gasteiger partial charge < -0.3 is 56.3 Å². The number of carbonyl (C=O) groups excluding carboxylic acids is 8. The zero-order valence-electron chi connectivity index (χ0n) is 58.6. The van der Waals surface area contributed by atoms with E-state index in [1.165, 1.54) is 28.4 Å². The third-order valence-electron chi connectivity index (χ3n) is 19.6. The average molecular weight is 1450 g/mol. The molecule has 3 aromatic heterocycles. The highest BCUT2D eigenvalue weighted by Gasteiger charge is 2.64. The second-order valence-electron chi connectivity index (χ2n) is 28.2. The van der Waals surface area contributed by atoms with Crippen molar-refractivity contribution >= 4 is 104 Å². The fraction of sp³-hybridized carbons (Fsp3) is 0.432. The monoisotopic (exact) mass is 1450 g/mol. The number of nitrogens with two attached hydrogens (primary N) is 1. The summed E-state index contributed by atoms with van der Waals surface area (Å²) in [5.41, 5.74) is 8.70. The average Bonchev–Trinajstić information content (AvgIpc) is 1.55. The molecule has 10 rings (SSSR count). The number of fused-ring (bicyclic) bond motifs is 3. The quantitative estimate of drug-likeness (QED) is 0.0105. The van der Waals surface area contributed by atoms with E-state index >= 15 is 0 Å². The second kappa shape index (κ2) is 32.7. The van der Waals surface area contributed by atoms with E-state index in [4.69, 9.17) is 25.3 Å². The zero-order valence-corrected chi connectivity index (χ0v) is 60.3. The molecule has 0 saturated heterocycles. The smallest absolute Gasteiger partial charge is 0.410 e. The number of hydrogen-bond donors (Lipinski definition) is 9. The standard InChI is InChI=1S/C74H89N12O15PS/c1-45(2)63(82-60(87)20-8-7-11-33-85-61(88)29-30-62(85)89)67(92)80-58(18-13-31-76-69(75)95)66(91)78-51-25-21-48(22-26-51)41-100-71(96)84(32-14-36-102(97,98)99)34-35-101-74-39-46(3)38-73(74,6)42-72(5,43-74)44-86-47(4)55(40-77-86)52-27-28-56(79-64(52)68(93)94)50-24-23-49-15-12-16-53(54(49)37-50)65(90)83-70-81-57-17-9-10-19-59(57)103-70/h9-10,12,15-17,19,21-30,37,40,45-46,58,63H,7-8,11,13-14,18,20,31-36,38-39,41-44H2,1-6H3,(H,78,91)(H,80,92)(H,82,87)(H,93,94)(H3,75,76,95)(H,81,83,90)(H2,97,98,99)/t46?,58-,63-,72?,73?,74?/m0/s1. The van der Waals surface area contributed by atoms with Gasteiger partial charge in [0.2, 0.25) is 17.7 Å². The summed E-state index contributed by atoms with van der Waals surface area (Å²) in [6, 6.07) is 25.7. The number of carboxylic acids is 1. The van der Waals surface area contributed by atoms with Crippen LogP contribution in [0.3, 0.4) is 0 Å². The van der Waals surface area contributed by atoms with Crippen LogP contribution in [0.5, 0.6) is 0 Å². The van der Waals surface area contributed by atoms with Gasteiger partial charge in [-0.15, -0.1) is 0 Å². The number of nitrogens with zero attached hydrogens (tertiary/aromatic N) is 6. The summed E-state index contributed by atoms with van der Waals surface area (Å²) < 4.78 is 27.7. The molecule has 7 aromatic rings. The minimum atomic E-state index is -4.42. The molecule has 2 saturated carbocycles. The summed E-state index contributed by atoms with van der Waals surface area (Å²) >= 11 is 1.38. The van der Waals surface area contributed by atoms with Crippen molar-refractivity contribution in [2.24, 2.45) is 28.4 Å². The Morgan fingerprint density at radius 2 is 1.58 bits per heavy atom. The number of aromatic carboxylic acids is 1. The van der Waals surface area contributed by atoms with Gasteiger partial charge in [-0.1, -0.05) is 101 Å². The normalized spacial score (nSPS) is 19.2. The number of rotatable bonds is 33. The Morgan fingerprint density at radius 1 is 0.825 bits per heavy atom. The number of unbranched alkanes of at least 4 members (excludes halogenated alkanes) is 2. The lowest BCUT2D eigenvalue weighted by Crippen LogP contribution is -2.54. The molecule has 0 bridgehead atoms. The van der Waals surface area contributed by atoms with Gasteiger partial charge in [0.15, 0.2) is 10.8 Å². The molecule has 6 atom stereocenters. The molecule has 0 spiro atoms. The number of imide groups is 1. The predicted molar refractivity (Wildman–Crippen MR) is 388 cm³/mol. The molecule has 103 heavy (non-hydrogen) atoms. The van der Waals surface area contributed by atoms with Gasteiger partial charge in [-0.25, -0.2) is 24.4 Å². The highest BCUT2D eigenvalue weighted by Crippen LogP contribution is 2.66. The fourth-order valence-corrected chi connectivity index (χ4v) is 16.3. The van der Waals surface area contributed by atoms with Crippen LogP contribution in [0.1, 0.15) is 137 Å². The number of urea groups is 1. The molecular formula is C74H89N12O15PS. The lowest BCUT2D eigenvalue weighted by molar-refractivity contribution is -0.137. The molecule has 4 aromatic carbocycles. The Hall–Kier alpha value is -9.73. The number of hydrogen-bond acceptors (Lipinski definition) is 16. The Kier molecular flexibility index (Phi) is 24.1. The van der Waals surface area contributed by atoms with Crippen LogP contribution in [-0.2, 0) is 51.2 Å². The van der Waals surface area contributed by atoms with E-state index in [0.29, 0.717) is 87.9 Å². The SMILES string of the molecule is Cc1c(-c2ccc(-c3ccc4cccc(C(=O)Nc5nc6ccccc6s5)c4c3)nc2C(=O)O)cnn1CC1(C)CC2(C)CC(C)CC2(OCCN(CCCP(=O)(O)O)C(=O)OCc2ccc(NC(=O)[C@H](CCCNC(N)=O)NC(=O)[C@@H](NC(=O)CCCCCN3C(=O)C=CC3=O)C(C)C)cc2)C1.